The minimum Gasteiger partial charge on any atom is -0.381 e. The summed E-state index contributed by atoms with van der Waals surface area (Å²) in [7, 11) is 2.07. The molecule has 13 heavy (non-hydrogen) atoms. The Labute approximate surface area is 80.1 Å². The summed E-state index contributed by atoms with van der Waals surface area (Å²) >= 11 is 0. The summed E-state index contributed by atoms with van der Waals surface area (Å²) in [5, 5.41) is 0. The number of rotatable bonds is 5. The third kappa shape index (κ3) is 4.39. The molecule has 0 aromatic carbocycles. The number of nitrogens with zero attached hydrogens (tertiary/aromatic N) is 1. The summed E-state index contributed by atoms with van der Waals surface area (Å²) in [5.41, 5.74) is 0. The van der Waals surface area contributed by atoms with Crippen LogP contribution in [0.15, 0.2) is 0 Å². The predicted molar refractivity (Wildman–Crippen MR) is 51.7 cm³/mol. The van der Waals surface area contributed by atoms with Crippen molar-refractivity contribution in [3.8, 4) is 0 Å². The van der Waals surface area contributed by atoms with Crippen molar-refractivity contribution >= 4 is 6.29 Å². The summed E-state index contributed by atoms with van der Waals surface area (Å²) in [6, 6.07) is 0. The van der Waals surface area contributed by atoms with Gasteiger partial charge in [-0.3, -0.25) is 0 Å². The van der Waals surface area contributed by atoms with Gasteiger partial charge in [0.25, 0.3) is 0 Å². The molecule has 1 atom stereocenters. The zero-order chi connectivity index (χ0) is 9.52. The maximum Gasteiger partial charge on any atom is 0.121 e. The minimum atomic E-state index is 0.643. The second-order valence-electron chi connectivity index (χ2n) is 3.80. The van der Waals surface area contributed by atoms with Crippen molar-refractivity contribution < 1.29 is 9.53 Å². The molecule has 0 N–H and O–H groups in total. The molecule has 0 amide bonds. The van der Waals surface area contributed by atoms with Gasteiger partial charge in [-0.2, -0.15) is 0 Å². The first kappa shape index (κ1) is 10.7. The lowest BCUT2D eigenvalue weighted by atomic mass is 10.0. The largest absolute Gasteiger partial charge is 0.381 e. The molecule has 0 spiro atoms. The Bertz CT molecular complexity index is 144. The molecular weight excluding hydrogens is 166 g/mol. The maximum absolute atomic E-state index is 10.2. The Morgan fingerprint density at radius 1 is 1.62 bits per heavy atom. The highest BCUT2D eigenvalue weighted by Gasteiger charge is 2.15. The fourth-order valence-corrected chi connectivity index (χ4v) is 1.76. The molecule has 1 saturated heterocycles. The van der Waals surface area contributed by atoms with Crippen molar-refractivity contribution in [3.05, 3.63) is 0 Å². The standard InChI is InChI=1S/C10H19NO2/c1-11(5-3-6-12)8-10-4-2-7-13-9-10/h6,10H,2-5,7-9H2,1H3. The molecule has 0 aliphatic carbocycles. The molecule has 1 heterocycles. The lowest BCUT2D eigenvalue weighted by Gasteiger charge is -2.26. The fourth-order valence-electron chi connectivity index (χ4n) is 1.76. The van der Waals surface area contributed by atoms with E-state index >= 15 is 0 Å². The summed E-state index contributed by atoms with van der Waals surface area (Å²) < 4.78 is 5.39. The van der Waals surface area contributed by atoms with E-state index in [1.807, 2.05) is 0 Å². The predicted octanol–water partition coefficient (Wildman–Crippen LogP) is 0.934. The second kappa shape index (κ2) is 6.11. The molecule has 1 aliphatic rings. The van der Waals surface area contributed by atoms with Crippen LogP contribution in [0.25, 0.3) is 0 Å². The molecule has 0 saturated carbocycles. The van der Waals surface area contributed by atoms with Crippen LogP contribution < -0.4 is 0 Å². The van der Waals surface area contributed by atoms with Gasteiger partial charge >= 0.3 is 0 Å². The van der Waals surface area contributed by atoms with E-state index in [-0.39, 0.29) is 0 Å². The van der Waals surface area contributed by atoms with Crippen LogP contribution in [0.2, 0.25) is 0 Å². The molecule has 0 radical (unpaired) electrons. The number of carbonyl (C=O) groups is 1. The molecular formula is C10H19NO2. The minimum absolute atomic E-state index is 0.643. The zero-order valence-electron chi connectivity index (χ0n) is 8.37. The van der Waals surface area contributed by atoms with Gasteiger partial charge in [0.1, 0.15) is 6.29 Å². The van der Waals surface area contributed by atoms with E-state index in [9.17, 15) is 4.79 Å². The average molecular weight is 185 g/mol. The monoisotopic (exact) mass is 185 g/mol. The molecule has 3 heteroatoms. The van der Waals surface area contributed by atoms with Gasteiger partial charge in [-0.05, 0) is 25.8 Å². The van der Waals surface area contributed by atoms with E-state index in [4.69, 9.17) is 4.74 Å². The van der Waals surface area contributed by atoms with Gasteiger partial charge < -0.3 is 14.4 Å². The highest BCUT2D eigenvalue weighted by atomic mass is 16.5. The van der Waals surface area contributed by atoms with Crippen molar-refractivity contribution in [2.75, 3.05) is 33.4 Å². The number of hydrogen-bond acceptors (Lipinski definition) is 3. The van der Waals surface area contributed by atoms with Crippen LogP contribution in [-0.2, 0) is 9.53 Å². The molecule has 3 nitrogen and oxygen atoms in total. The molecule has 1 fully saturated rings. The van der Waals surface area contributed by atoms with Crippen molar-refractivity contribution in [2.45, 2.75) is 19.3 Å². The molecule has 0 bridgehead atoms. The van der Waals surface area contributed by atoms with Crippen molar-refractivity contribution in [1.29, 1.82) is 0 Å². The maximum atomic E-state index is 10.2. The van der Waals surface area contributed by atoms with Crippen molar-refractivity contribution in [2.24, 2.45) is 5.92 Å². The topological polar surface area (TPSA) is 29.5 Å². The Balaban J connectivity index is 2.10. The first-order valence-corrected chi connectivity index (χ1v) is 5.03. The van der Waals surface area contributed by atoms with Gasteiger partial charge in [0, 0.05) is 26.1 Å². The third-order valence-electron chi connectivity index (χ3n) is 2.45. The molecule has 1 rings (SSSR count). The van der Waals surface area contributed by atoms with Gasteiger partial charge in [-0.25, -0.2) is 0 Å². The van der Waals surface area contributed by atoms with Crippen LogP contribution in [0.3, 0.4) is 0 Å². The van der Waals surface area contributed by atoms with Crippen LogP contribution in [0.4, 0.5) is 0 Å². The summed E-state index contributed by atoms with van der Waals surface area (Å²) in [6.07, 6.45) is 4.08. The number of aldehydes is 1. The fraction of sp³-hybridized carbons (Fsp3) is 0.900. The van der Waals surface area contributed by atoms with Crippen molar-refractivity contribution in [3.63, 3.8) is 0 Å². The lowest BCUT2D eigenvalue weighted by Crippen LogP contribution is -2.31. The Hall–Kier alpha value is -0.410. The van der Waals surface area contributed by atoms with Crippen LogP contribution in [0.5, 0.6) is 0 Å². The molecule has 76 valence electrons. The second-order valence-corrected chi connectivity index (χ2v) is 3.80. The average Bonchev–Trinajstić information content (AvgIpc) is 2.16. The van der Waals surface area contributed by atoms with Gasteiger partial charge in [-0.15, -0.1) is 0 Å². The van der Waals surface area contributed by atoms with Crippen LogP contribution in [-0.4, -0.2) is 44.5 Å². The smallest absolute Gasteiger partial charge is 0.121 e. The highest BCUT2D eigenvalue weighted by molar-refractivity contribution is 5.49. The van der Waals surface area contributed by atoms with E-state index in [1.165, 1.54) is 12.8 Å². The van der Waals surface area contributed by atoms with Gasteiger partial charge in [-0.1, -0.05) is 0 Å². The quantitative estimate of drug-likeness (QED) is 0.597. The molecule has 0 aromatic rings. The van der Waals surface area contributed by atoms with Crippen LogP contribution in [0.1, 0.15) is 19.3 Å². The highest BCUT2D eigenvalue weighted by Crippen LogP contribution is 2.14. The first-order chi connectivity index (χ1) is 6.33. The van der Waals surface area contributed by atoms with Crippen molar-refractivity contribution in [1.82, 2.24) is 4.90 Å². The summed E-state index contributed by atoms with van der Waals surface area (Å²) in [5.74, 6) is 0.672. The Kier molecular flexibility index (Phi) is 5.01. The van der Waals surface area contributed by atoms with Gasteiger partial charge in [0.05, 0.1) is 6.61 Å². The number of hydrogen-bond donors (Lipinski definition) is 0. The summed E-state index contributed by atoms with van der Waals surface area (Å²) in [4.78, 5) is 12.4. The Morgan fingerprint density at radius 3 is 3.08 bits per heavy atom. The summed E-state index contributed by atoms with van der Waals surface area (Å²) in [6.45, 7) is 3.76. The van der Waals surface area contributed by atoms with Crippen LogP contribution in [0, 0.1) is 5.92 Å². The van der Waals surface area contributed by atoms with E-state index in [0.717, 1.165) is 32.6 Å². The Morgan fingerprint density at radius 2 is 2.46 bits per heavy atom. The lowest BCUT2D eigenvalue weighted by molar-refractivity contribution is -0.108. The van der Waals surface area contributed by atoms with Gasteiger partial charge in [0.15, 0.2) is 0 Å². The van der Waals surface area contributed by atoms with Gasteiger partial charge in [0.2, 0.25) is 0 Å². The zero-order valence-corrected chi connectivity index (χ0v) is 8.37. The first-order valence-electron chi connectivity index (χ1n) is 5.03. The molecule has 1 aliphatic heterocycles. The third-order valence-corrected chi connectivity index (χ3v) is 2.45. The van der Waals surface area contributed by atoms with E-state index in [0.29, 0.717) is 12.3 Å². The van der Waals surface area contributed by atoms with E-state index in [1.54, 1.807) is 0 Å². The van der Waals surface area contributed by atoms with E-state index < -0.39 is 0 Å². The number of carbonyl (C=O) groups excluding carboxylic acids is 1. The normalized spacial score (nSPS) is 23.4. The molecule has 1 unspecified atom stereocenters. The van der Waals surface area contributed by atoms with E-state index in [2.05, 4.69) is 11.9 Å². The number of ether oxygens (including phenoxy) is 1. The molecule has 0 aromatic heterocycles. The SMILES string of the molecule is CN(CCC=O)CC1CCCOC1. The van der Waals surface area contributed by atoms with Crippen LogP contribution >= 0.6 is 0 Å².